The molecule has 0 unspecified atom stereocenters. The van der Waals surface area contributed by atoms with E-state index in [-0.39, 0.29) is 11.7 Å². The molecular formula is C22H30N6O3S. The van der Waals surface area contributed by atoms with Crippen LogP contribution in [0.2, 0.25) is 0 Å². The number of carbonyl (C=O) groups is 1. The van der Waals surface area contributed by atoms with Crippen molar-refractivity contribution in [3.05, 3.63) is 41.6 Å². The molecule has 32 heavy (non-hydrogen) atoms. The van der Waals surface area contributed by atoms with Crippen molar-refractivity contribution in [2.75, 3.05) is 26.1 Å². The van der Waals surface area contributed by atoms with Gasteiger partial charge < -0.3 is 14.8 Å². The highest BCUT2D eigenvalue weighted by Crippen LogP contribution is 2.30. The van der Waals surface area contributed by atoms with Gasteiger partial charge in [-0.25, -0.2) is 0 Å². The molecule has 0 spiro atoms. The largest absolute Gasteiger partial charge is 0.476 e. The van der Waals surface area contributed by atoms with Crippen molar-refractivity contribution >= 4 is 17.7 Å². The Labute approximate surface area is 192 Å². The molecule has 2 heterocycles. The van der Waals surface area contributed by atoms with E-state index < -0.39 is 0 Å². The molecule has 2 aromatic heterocycles. The van der Waals surface area contributed by atoms with Gasteiger partial charge in [-0.2, -0.15) is 0 Å². The second kappa shape index (κ2) is 11.7. The molecule has 0 saturated heterocycles. The van der Waals surface area contributed by atoms with Gasteiger partial charge in [-0.05, 0) is 26.3 Å². The van der Waals surface area contributed by atoms with Crippen LogP contribution in [0, 0.1) is 6.92 Å². The third-order valence-electron chi connectivity index (χ3n) is 4.75. The molecule has 1 N–H and O–H groups in total. The summed E-state index contributed by atoms with van der Waals surface area (Å²) in [5.41, 5.74) is 3.03. The van der Waals surface area contributed by atoms with Crippen molar-refractivity contribution in [3.63, 3.8) is 0 Å². The highest BCUT2D eigenvalue weighted by molar-refractivity contribution is 7.99. The second-order valence-corrected chi connectivity index (χ2v) is 8.08. The van der Waals surface area contributed by atoms with Crippen LogP contribution in [-0.4, -0.2) is 56.5 Å². The Morgan fingerprint density at radius 3 is 2.66 bits per heavy atom. The van der Waals surface area contributed by atoms with E-state index >= 15 is 0 Å². The highest BCUT2D eigenvalue weighted by atomic mass is 32.2. The predicted molar refractivity (Wildman–Crippen MR) is 124 cm³/mol. The number of ether oxygens (including phenoxy) is 2. The van der Waals surface area contributed by atoms with E-state index in [1.807, 2.05) is 55.8 Å². The smallest absolute Gasteiger partial charge is 0.243 e. The first kappa shape index (κ1) is 23.8. The zero-order chi connectivity index (χ0) is 22.9. The first-order valence-electron chi connectivity index (χ1n) is 10.6. The van der Waals surface area contributed by atoms with Gasteiger partial charge in [0.15, 0.2) is 11.0 Å². The van der Waals surface area contributed by atoms with E-state index in [0.717, 1.165) is 17.7 Å². The molecule has 3 rings (SSSR count). The summed E-state index contributed by atoms with van der Waals surface area (Å²) in [6.07, 6.45) is 1.90. The fourth-order valence-electron chi connectivity index (χ4n) is 3.03. The Balaban J connectivity index is 1.71. The minimum absolute atomic E-state index is 0.0628. The Morgan fingerprint density at radius 1 is 1.19 bits per heavy atom. The zero-order valence-corrected chi connectivity index (χ0v) is 19.8. The third kappa shape index (κ3) is 6.10. The van der Waals surface area contributed by atoms with Crippen LogP contribution in [0.3, 0.4) is 0 Å². The van der Waals surface area contributed by atoms with Gasteiger partial charge in [0, 0.05) is 26.4 Å². The molecule has 1 amide bonds. The van der Waals surface area contributed by atoms with Crippen molar-refractivity contribution < 1.29 is 14.3 Å². The number of aryl methyl sites for hydroxylation is 2. The van der Waals surface area contributed by atoms with Gasteiger partial charge in [0.1, 0.15) is 5.56 Å². The lowest BCUT2D eigenvalue weighted by atomic mass is 10.1. The molecule has 0 aliphatic heterocycles. The zero-order valence-electron chi connectivity index (χ0n) is 19.0. The number of benzene rings is 1. The van der Waals surface area contributed by atoms with Crippen molar-refractivity contribution in [1.29, 1.82) is 0 Å². The Kier molecular flexibility index (Phi) is 8.69. The fourth-order valence-corrected chi connectivity index (χ4v) is 3.82. The van der Waals surface area contributed by atoms with Gasteiger partial charge in [-0.1, -0.05) is 41.6 Å². The predicted octanol–water partition coefficient (Wildman–Crippen LogP) is 2.92. The monoisotopic (exact) mass is 458 g/mol. The summed E-state index contributed by atoms with van der Waals surface area (Å²) < 4.78 is 14.7. The molecule has 0 saturated carbocycles. The van der Waals surface area contributed by atoms with Crippen LogP contribution < -0.4 is 10.1 Å². The number of nitrogens with zero attached hydrogens (tertiary/aromatic N) is 5. The lowest BCUT2D eigenvalue weighted by Gasteiger charge is -2.10. The molecule has 0 aliphatic rings. The normalized spacial score (nSPS) is 11.0. The van der Waals surface area contributed by atoms with Crippen LogP contribution >= 0.6 is 11.8 Å². The standard InChI is InChI=1S/C22H30N6O3S/c1-5-27-14-18(21(26-27)31-6-2)20-24-25-22(28(20)11-12-30-4)32-15-19(29)23-13-17-9-7-16(3)8-10-17/h7-10,14H,5-6,11-13,15H2,1-4H3,(H,23,29). The van der Waals surface area contributed by atoms with Crippen LogP contribution in [0.25, 0.3) is 11.4 Å². The molecule has 0 atom stereocenters. The van der Waals surface area contributed by atoms with Crippen LogP contribution in [0.5, 0.6) is 5.88 Å². The molecule has 0 aliphatic carbocycles. The Hall–Kier alpha value is -2.85. The van der Waals surface area contributed by atoms with E-state index in [4.69, 9.17) is 9.47 Å². The number of hydrogen-bond acceptors (Lipinski definition) is 7. The van der Waals surface area contributed by atoms with E-state index in [0.29, 0.717) is 43.2 Å². The molecule has 10 heteroatoms. The molecule has 0 bridgehead atoms. The van der Waals surface area contributed by atoms with Crippen molar-refractivity contribution in [2.24, 2.45) is 0 Å². The molecule has 0 fully saturated rings. The SMILES string of the molecule is CCOc1nn(CC)cc1-c1nnc(SCC(=O)NCc2ccc(C)cc2)n1CCOC. The lowest BCUT2D eigenvalue weighted by molar-refractivity contribution is -0.118. The number of methoxy groups -OCH3 is 1. The quantitative estimate of drug-likeness (QED) is 0.417. The second-order valence-electron chi connectivity index (χ2n) is 7.14. The van der Waals surface area contributed by atoms with E-state index in [2.05, 4.69) is 20.6 Å². The number of amides is 1. The Bertz CT molecular complexity index is 1020. The minimum Gasteiger partial charge on any atom is -0.476 e. The van der Waals surface area contributed by atoms with Crippen LogP contribution in [-0.2, 0) is 29.2 Å². The van der Waals surface area contributed by atoms with E-state index in [9.17, 15) is 4.79 Å². The number of thioether (sulfide) groups is 1. The average Bonchev–Trinajstić information content (AvgIpc) is 3.39. The fraction of sp³-hybridized carbons (Fsp3) is 0.455. The summed E-state index contributed by atoms with van der Waals surface area (Å²) >= 11 is 1.34. The third-order valence-corrected chi connectivity index (χ3v) is 5.72. The molecule has 3 aromatic rings. The van der Waals surface area contributed by atoms with Crippen LogP contribution in [0.1, 0.15) is 25.0 Å². The molecule has 1 aromatic carbocycles. The van der Waals surface area contributed by atoms with Gasteiger partial charge in [-0.3, -0.25) is 14.0 Å². The van der Waals surface area contributed by atoms with Gasteiger partial charge in [0.25, 0.3) is 0 Å². The number of aromatic nitrogens is 5. The number of hydrogen-bond donors (Lipinski definition) is 1. The first-order chi connectivity index (χ1) is 15.5. The summed E-state index contributed by atoms with van der Waals surface area (Å²) in [6.45, 7) is 8.73. The van der Waals surface area contributed by atoms with Gasteiger partial charge in [-0.15, -0.1) is 15.3 Å². The lowest BCUT2D eigenvalue weighted by Crippen LogP contribution is -2.24. The molecule has 172 valence electrons. The molecular weight excluding hydrogens is 428 g/mol. The van der Waals surface area contributed by atoms with Gasteiger partial charge >= 0.3 is 0 Å². The average molecular weight is 459 g/mol. The molecule has 0 radical (unpaired) electrons. The minimum atomic E-state index is -0.0628. The summed E-state index contributed by atoms with van der Waals surface area (Å²) in [5, 5.41) is 16.8. The molecule has 9 nitrogen and oxygen atoms in total. The number of carbonyl (C=O) groups excluding carboxylic acids is 1. The van der Waals surface area contributed by atoms with E-state index in [1.54, 1.807) is 11.8 Å². The maximum Gasteiger partial charge on any atom is 0.243 e. The topological polar surface area (TPSA) is 96.1 Å². The maximum absolute atomic E-state index is 12.4. The van der Waals surface area contributed by atoms with Crippen molar-refractivity contribution in [1.82, 2.24) is 29.9 Å². The first-order valence-corrected chi connectivity index (χ1v) is 11.6. The number of nitrogens with one attached hydrogen (secondary N) is 1. The summed E-state index contributed by atoms with van der Waals surface area (Å²) in [6, 6.07) is 8.10. The van der Waals surface area contributed by atoms with E-state index in [1.165, 1.54) is 17.3 Å². The van der Waals surface area contributed by atoms with Crippen molar-refractivity contribution in [3.8, 4) is 17.3 Å². The summed E-state index contributed by atoms with van der Waals surface area (Å²) in [4.78, 5) is 12.4. The van der Waals surface area contributed by atoms with Crippen LogP contribution in [0.4, 0.5) is 0 Å². The van der Waals surface area contributed by atoms with Crippen LogP contribution in [0.15, 0.2) is 35.6 Å². The van der Waals surface area contributed by atoms with Gasteiger partial charge in [0.2, 0.25) is 11.8 Å². The number of rotatable bonds is 12. The Morgan fingerprint density at radius 2 is 1.97 bits per heavy atom. The summed E-state index contributed by atoms with van der Waals surface area (Å²) in [7, 11) is 1.65. The maximum atomic E-state index is 12.4. The van der Waals surface area contributed by atoms with Gasteiger partial charge in [0.05, 0.1) is 25.5 Å². The van der Waals surface area contributed by atoms with Crippen molar-refractivity contribution in [2.45, 2.75) is 45.6 Å². The summed E-state index contributed by atoms with van der Waals surface area (Å²) in [5.74, 6) is 1.34. The highest BCUT2D eigenvalue weighted by Gasteiger charge is 2.21.